The summed E-state index contributed by atoms with van der Waals surface area (Å²) in [6, 6.07) is -0.161. The number of hydrogen-bond donors (Lipinski definition) is 1. The molecule has 3 rings (SSSR count). The van der Waals surface area contributed by atoms with E-state index in [-0.39, 0.29) is 12.1 Å². The number of hydrogen-bond acceptors (Lipinski definition) is 5. The summed E-state index contributed by atoms with van der Waals surface area (Å²) in [5.41, 5.74) is -0.566. The SMILES string of the molecule is CCCn1cnnc1CNC(=O)N1CCC[C@@]2(CN(C)C(=O)O2)C1. The first kappa shape index (κ1) is 16.5. The molecule has 2 saturated heterocycles. The molecule has 9 nitrogen and oxygen atoms in total. The minimum Gasteiger partial charge on any atom is -0.439 e. The molecule has 3 heterocycles. The number of carbonyl (C=O) groups excluding carboxylic acids is 2. The van der Waals surface area contributed by atoms with Crippen LogP contribution in [0.5, 0.6) is 0 Å². The maximum Gasteiger partial charge on any atom is 0.410 e. The van der Waals surface area contributed by atoms with Gasteiger partial charge in [-0.15, -0.1) is 10.2 Å². The van der Waals surface area contributed by atoms with Crippen molar-refractivity contribution in [3.05, 3.63) is 12.2 Å². The second-order valence-electron chi connectivity index (χ2n) is 6.53. The molecular formula is C15H24N6O3. The molecule has 0 unspecified atom stereocenters. The number of aromatic nitrogens is 3. The number of ether oxygens (including phenoxy) is 1. The van der Waals surface area contributed by atoms with Gasteiger partial charge in [-0.3, -0.25) is 0 Å². The molecule has 1 aromatic heterocycles. The third-order valence-corrected chi connectivity index (χ3v) is 4.53. The molecule has 0 aliphatic carbocycles. The number of piperidine rings is 1. The van der Waals surface area contributed by atoms with Crippen LogP contribution in [0.2, 0.25) is 0 Å². The van der Waals surface area contributed by atoms with E-state index in [0.717, 1.165) is 31.6 Å². The van der Waals surface area contributed by atoms with Gasteiger partial charge in [0.2, 0.25) is 0 Å². The van der Waals surface area contributed by atoms with Gasteiger partial charge >= 0.3 is 12.1 Å². The molecule has 2 fully saturated rings. The Kier molecular flexibility index (Phi) is 4.59. The summed E-state index contributed by atoms with van der Waals surface area (Å²) >= 11 is 0. The molecule has 3 amide bonds. The first-order chi connectivity index (χ1) is 11.5. The van der Waals surface area contributed by atoms with Crippen LogP contribution >= 0.6 is 0 Å². The highest BCUT2D eigenvalue weighted by Crippen LogP contribution is 2.31. The molecule has 1 N–H and O–H groups in total. The first-order valence-corrected chi connectivity index (χ1v) is 8.36. The number of nitrogens with zero attached hydrogens (tertiary/aromatic N) is 5. The predicted molar refractivity (Wildman–Crippen MR) is 85.2 cm³/mol. The smallest absolute Gasteiger partial charge is 0.410 e. The maximum absolute atomic E-state index is 12.5. The van der Waals surface area contributed by atoms with Crippen molar-refractivity contribution in [3.63, 3.8) is 0 Å². The van der Waals surface area contributed by atoms with Crippen molar-refractivity contribution in [2.24, 2.45) is 0 Å². The van der Waals surface area contributed by atoms with Gasteiger partial charge in [-0.05, 0) is 19.3 Å². The molecule has 0 saturated carbocycles. The summed E-state index contributed by atoms with van der Waals surface area (Å²) in [7, 11) is 1.72. The zero-order valence-electron chi connectivity index (χ0n) is 14.2. The average Bonchev–Trinajstić information content (AvgIpc) is 3.10. The average molecular weight is 336 g/mol. The number of likely N-dealkylation sites (tertiary alicyclic amines) is 1. The monoisotopic (exact) mass is 336 g/mol. The normalized spacial score (nSPS) is 23.7. The summed E-state index contributed by atoms with van der Waals surface area (Å²) < 4.78 is 7.46. The second-order valence-corrected chi connectivity index (χ2v) is 6.53. The fraction of sp³-hybridized carbons (Fsp3) is 0.733. The summed E-state index contributed by atoms with van der Waals surface area (Å²) in [5.74, 6) is 0.740. The zero-order chi connectivity index (χ0) is 17.2. The Morgan fingerprint density at radius 3 is 3.00 bits per heavy atom. The molecule has 9 heteroatoms. The van der Waals surface area contributed by atoms with Gasteiger partial charge in [0.25, 0.3) is 0 Å². The number of urea groups is 1. The Hall–Kier alpha value is -2.32. The highest BCUT2D eigenvalue weighted by atomic mass is 16.6. The van der Waals surface area contributed by atoms with Crippen LogP contribution < -0.4 is 5.32 Å². The van der Waals surface area contributed by atoms with Gasteiger partial charge in [0, 0.05) is 20.1 Å². The van der Waals surface area contributed by atoms with E-state index in [4.69, 9.17) is 4.74 Å². The van der Waals surface area contributed by atoms with Crippen molar-refractivity contribution in [3.8, 4) is 0 Å². The van der Waals surface area contributed by atoms with Crippen molar-refractivity contribution in [1.29, 1.82) is 0 Å². The lowest BCUT2D eigenvalue weighted by Gasteiger charge is -2.38. The molecule has 24 heavy (non-hydrogen) atoms. The molecule has 0 radical (unpaired) electrons. The summed E-state index contributed by atoms with van der Waals surface area (Å²) in [6.07, 6.45) is 3.95. The number of aryl methyl sites for hydroxylation is 1. The topological polar surface area (TPSA) is 92.6 Å². The fourth-order valence-corrected chi connectivity index (χ4v) is 3.39. The molecule has 0 bridgehead atoms. The van der Waals surface area contributed by atoms with Gasteiger partial charge in [-0.25, -0.2) is 9.59 Å². The molecule has 1 atom stereocenters. The van der Waals surface area contributed by atoms with Crippen molar-refractivity contribution in [1.82, 2.24) is 29.9 Å². The van der Waals surface area contributed by atoms with Crippen LogP contribution in [0, 0.1) is 0 Å². The van der Waals surface area contributed by atoms with E-state index in [9.17, 15) is 9.59 Å². The largest absolute Gasteiger partial charge is 0.439 e. The van der Waals surface area contributed by atoms with Crippen LogP contribution in [0.1, 0.15) is 32.0 Å². The maximum atomic E-state index is 12.5. The first-order valence-electron chi connectivity index (χ1n) is 8.36. The van der Waals surface area contributed by atoms with Crippen LogP contribution in [0.3, 0.4) is 0 Å². The summed E-state index contributed by atoms with van der Waals surface area (Å²) in [6.45, 7) is 4.86. The molecule has 1 spiro atoms. The standard InChI is InChI=1S/C15H24N6O3/c1-3-6-21-11-17-18-12(21)8-16-13(22)20-7-4-5-15(10-20)9-19(2)14(23)24-15/h11H,3-10H2,1-2H3,(H,16,22)/t15-/m1/s1. The molecule has 2 aliphatic rings. The lowest BCUT2D eigenvalue weighted by atomic mass is 9.93. The van der Waals surface area contributed by atoms with Crippen molar-refractivity contribution >= 4 is 12.1 Å². The molecular weight excluding hydrogens is 312 g/mol. The Labute approximate surface area is 140 Å². The summed E-state index contributed by atoms with van der Waals surface area (Å²) in [5, 5.41) is 10.8. The van der Waals surface area contributed by atoms with E-state index in [1.165, 1.54) is 0 Å². The van der Waals surface area contributed by atoms with E-state index < -0.39 is 5.60 Å². The van der Waals surface area contributed by atoms with Gasteiger partial charge in [-0.1, -0.05) is 6.92 Å². The highest BCUT2D eigenvalue weighted by molar-refractivity contribution is 5.75. The van der Waals surface area contributed by atoms with E-state index in [1.54, 1.807) is 23.2 Å². The molecule has 1 aromatic rings. The molecule has 132 valence electrons. The van der Waals surface area contributed by atoms with E-state index in [0.29, 0.717) is 26.2 Å². The van der Waals surface area contributed by atoms with E-state index in [2.05, 4.69) is 22.4 Å². The second kappa shape index (κ2) is 6.66. The van der Waals surface area contributed by atoms with Crippen LogP contribution in [0.4, 0.5) is 9.59 Å². The van der Waals surface area contributed by atoms with Crippen molar-refractivity contribution in [2.45, 2.75) is 44.9 Å². The van der Waals surface area contributed by atoms with Gasteiger partial charge in [0.15, 0.2) is 5.82 Å². The summed E-state index contributed by atoms with van der Waals surface area (Å²) in [4.78, 5) is 27.4. The van der Waals surface area contributed by atoms with Gasteiger partial charge in [-0.2, -0.15) is 0 Å². The molecule has 2 aliphatic heterocycles. The quantitative estimate of drug-likeness (QED) is 0.878. The van der Waals surface area contributed by atoms with Gasteiger partial charge < -0.3 is 24.4 Å². The highest BCUT2D eigenvalue weighted by Gasteiger charge is 2.47. The van der Waals surface area contributed by atoms with Crippen LogP contribution in [0.25, 0.3) is 0 Å². The molecule has 0 aromatic carbocycles. The van der Waals surface area contributed by atoms with Gasteiger partial charge in [0.05, 0.1) is 19.6 Å². The minimum atomic E-state index is -0.566. The third kappa shape index (κ3) is 3.29. The Balaban J connectivity index is 1.57. The van der Waals surface area contributed by atoms with Gasteiger partial charge in [0.1, 0.15) is 11.9 Å². The Morgan fingerprint density at radius 2 is 2.29 bits per heavy atom. The number of rotatable bonds is 4. The number of likely N-dealkylation sites (N-methyl/N-ethyl adjacent to an activating group) is 1. The van der Waals surface area contributed by atoms with Crippen LogP contribution in [0.15, 0.2) is 6.33 Å². The Bertz CT molecular complexity index is 618. The van der Waals surface area contributed by atoms with Crippen LogP contribution in [-0.2, 0) is 17.8 Å². The van der Waals surface area contributed by atoms with Crippen LogP contribution in [-0.4, -0.2) is 69.0 Å². The van der Waals surface area contributed by atoms with E-state index >= 15 is 0 Å². The Morgan fingerprint density at radius 1 is 1.46 bits per heavy atom. The van der Waals surface area contributed by atoms with Crippen molar-refractivity contribution < 1.29 is 14.3 Å². The number of amides is 3. The minimum absolute atomic E-state index is 0.161. The van der Waals surface area contributed by atoms with Crippen molar-refractivity contribution in [2.75, 3.05) is 26.7 Å². The third-order valence-electron chi connectivity index (χ3n) is 4.53. The van der Waals surface area contributed by atoms with E-state index in [1.807, 2.05) is 4.57 Å². The zero-order valence-corrected chi connectivity index (χ0v) is 14.2. The fourth-order valence-electron chi connectivity index (χ4n) is 3.39. The number of carbonyl (C=O) groups is 2. The number of nitrogens with one attached hydrogen (secondary N) is 1. The lowest BCUT2D eigenvalue weighted by molar-refractivity contribution is 0.00315. The predicted octanol–water partition coefficient (Wildman–Crippen LogP) is 0.814. The lowest BCUT2D eigenvalue weighted by Crippen LogP contribution is -2.54.